The van der Waals surface area contributed by atoms with Crippen molar-refractivity contribution in [1.82, 2.24) is 5.48 Å². The first-order valence-corrected chi connectivity index (χ1v) is 3.08. The smallest absolute Gasteiger partial charge is 0.545 e. The van der Waals surface area contributed by atoms with E-state index in [2.05, 4.69) is 17.1 Å². The molecule has 0 aromatic rings. The van der Waals surface area contributed by atoms with Crippen LogP contribution in [0.5, 0.6) is 0 Å². The van der Waals surface area contributed by atoms with Crippen molar-refractivity contribution in [2.75, 3.05) is 0 Å². The molecule has 0 radical (unpaired) electrons. The third-order valence-electron chi connectivity index (χ3n) is 0.608. The molecule has 0 aromatic carbocycles. The second kappa shape index (κ2) is 7.99. The Morgan fingerprint density at radius 3 is 2.38 bits per heavy atom. The molecule has 0 saturated heterocycles. The molecule has 0 aliphatic carbocycles. The minimum Gasteiger partial charge on any atom is -0.545 e. The van der Waals surface area contributed by atoms with Crippen LogP contribution >= 0.6 is 12.2 Å². The summed E-state index contributed by atoms with van der Waals surface area (Å²) in [5.41, 5.74) is 6.75. The third-order valence-corrected chi connectivity index (χ3v) is 0.691. The molecule has 0 saturated carbocycles. The number of rotatable bonds is 2. The molecule has 0 bridgehead atoms. The number of carbonyl (C=O) groups is 2. The van der Waals surface area contributed by atoms with E-state index in [0.29, 0.717) is 12.2 Å². The van der Waals surface area contributed by atoms with Crippen molar-refractivity contribution in [1.29, 1.82) is 0 Å². The minimum atomic E-state index is -1.50. The maximum atomic E-state index is 10.5. The van der Waals surface area contributed by atoms with Gasteiger partial charge < -0.3 is 20.5 Å². The van der Waals surface area contributed by atoms with Crippen LogP contribution in [0.2, 0.25) is 0 Å². The molecule has 0 spiro atoms. The van der Waals surface area contributed by atoms with Gasteiger partial charge in [0.25, 0.3) is 0 Å². The Hall–Kier alpha value is -0.630. The fourth-order valence-electron chi connectivity index (χ4n) is 0.271. The first-order chi connectivity index (χ1) is 5.52. The van der Waals surface area contributed by atoms with E-state index in [-0.39, 0.29) is 34.7 Å². The van der Waals surface area contributed by atoms with Crippen molar-refractivity contribution < 1.29 is 49.1 Å². The van der Waals surface area contributed by atoms with Gasteiger partial charge in [-0.3, -0.25) is 0 Å². The van der Waals surface area contributed by atoms with Crippen LogP contribution in [0.3, 0.4) is 0 Å². The van der Waals surface area contributed by atoms with Gasteiger partial charge in [-0.05, 0) is 18.3 Å². The fourth-order valence-corrected chi connectivity index (χ4v) is 0.312. The Morgan fingerprint density at radius 1 is 1.46 bits per heavy atom. The predicted octanol–water partition coefficient (Wildman–Crippen LogP) is -5.41. The molecule has 66 valence electrons. The number of hydroxylamine groups is 1. The van der Waals surface area contributed by atoms with Crippen LogP contribution in [-0.2, 0) is 14.4 Å². The van der Waals surface area contributed by atoms with Crippen LogP contribution in [0.15, 0.2) is 12.2 Å². The van der Waals surface area contributed by atoms with E-state index in [9.17, 15) is 14.7 Å². The van der Waals surface area contributed by atoms with E-state index in [1.807, 2.05) is 5.48 Å². The molecule has 0 fully saturated rings. The summed E-state index contributed by atoms with van der Waals surface area (Å²) < 4.78 is 0. The van der Waals surface area contributed by atoms with E-state index >= 15 is 0 Å². The summed E-state index contributed by atoms with van der Waals surface area (Å²) in [5, 5.41) is 9.53. The summed E-state index contributed by atoms with van der Waals surface area (Å²) in [6.45, 7) is 0. The zero-order chi connectivity index (χ0) is 9.56. The normalized spacial score (nSPS) is 8.62. The molecule has 0 heterocycles. The fraction of sp³-hybridized carbons (Fsp3) is 0. The maximum absolute atomic E-state index is 10.5. The van der Waals surface area contributed by atoms with E-state index in [1.54, 1.807) is 0 Å². The SMILES string of the molecule is NC(=S)NOC(=O)/C=C\C(=O)[O-].[Na+]. The Bertz CT molecular complexity index is 243. The van der Waals surface area contributed by atoms with Crippen molar-refractivity contribution in [2.45, 2.75) is 0 Å². The number of hydrogen-bond donors (Lipinski definition) is 2. The van der Waals surface area contributed by atoms with Crippen molar-refractivity contribution in [3.8, 4) is 0 Å². The zero-order valence-electron chi connectivity index (χ0n) is 6.77. The number of hydrogen-bond acceptors (Lipinski definition) is 5. The first kappa shape index (κ1) is 14.9. The summed E-state index contributed by atoms with van der Waals surface area (Å²) >= 11 is 4.29. The van der Waals surface area contributed by atoms with Crippen LogP contribution in [0.1, 0.15) is 0 Å². The topological polar surface area (TPSA) is 104 Å². The Morgan fingerprint density at radius 2 is 2.00 bits per heavy atom. The number of nitrogens with one attached hydrogen (secondary N) is 1. The number of carbonyl (C=O) groups excluding carboxylic acids is 2. The number of carboxylic acid groups (broad SMARTS) is 1. The van der Waals surface area contributed by atoms with E-state index < -0.39 is 11.9 Å². The van der Waals surface area contributed by atoms with Crippen molar-refractivity contribution >= 4 is 29.3 Å². The summed E-state index contributed by atoms with van der Waals surface area (Å²) in [6.07, 6.45) is 1.17. The van der Waals surface area contributed by atoms with Gasteiger partial charge >= 0.3 is 35.5 Å². The van der Waals surface area contributed by atoms with Crippen molar-refractivity contribution in [3.05, 3.63) is 12.2 Å². The summed E-state index contributed by atoms with van der Waals surface area (Å²) in [5.74, 6) is -2.44. The van der Waals surface area contributed by atoms with Gasteiger partial charge in [-0.1, -0.05) is 0 Å². The van der Waals surface area contributed by atoms with Gasteiger partial charge in [0.05, 0.1) is 5.97 Å². The molecule has 3 N–H and O–H groups in total. The van der Waals surface area contributed by atoms with Gasteiger partial charge in [0, 0.05) is 6.08 Å². The Labute approximate surface area is 101 Å². The largest absolute Gasteiger partial charge is 1.00 e. The van der Waals surface area contributed by atoms with Gasteiger partial charge in [-0.25, -0.2) is 4.79 Å². The van der Waals surface area contributed by atoms with Gasteiger partial charge in [0.1, 0.15) is 0 Å². The molecule has 0 aromatic heterocycles. The molecular formula is C5H5N2NaO4S. The first-order valence-electron chi connectivity index (χ1n) is 2.67. The molecule has 0 aliphatic heterocycles. The summed E-state index contributed by atoms with van der Waals surface area (Å²) in [7, 11) is 0. The number of aliphatic carboxylic acids is 1. The molecule has 6 nitrogen and oxygen atoms in total. The second-order valence-corrected chi connectivity index (χ2v) is 1.98. The zero-order valence-corrected chi connectivity index (χ0v) is 9.59. The Balaban J connectivity index is 0. The summed E-state index contributed by atoms with van der Waals surface area (Å²) in [4.78, 5) is 24.4. The predicted molar refractivity (Wildman–Crippen MR) is 40.2 cm³/mol. The molecule has 8 heteroatoms. The van der Waals surface area contributed by atoms with Gasteiger partial charge in [-0.2, -0.15) is 5.48 Å². The number of carboxylic acids is 1. The van der Waals surface area contributed by atoms with Crippen molar-refractivity contribution in [2.24, 2.45) is 5.73 Å². The van der Waals surface area contributed by atoms with E-state index in [4.69, 9.17) is 5.73 Å². The Kier molecular flexibility index (Phi) is 9.14. The van der Waals surface area contributed by atoms with E-state index in [0.717, 1.165) is 0 Å². The number of nitrogens with two attached hydrogens (primary N) is 1. The summed E-state index contributed by atoms with van der Waals surface area (Å²) in [6, 6.07) is 0. The second-order valence-electron chi connectivity index (χ2n) is 1.54. The van der Waals surface area contributed by atoms with Crippen LogP contribution in [0, 0.1) is 0 Å². The van der Waals surface area contributed by atoms with Crippen LogP contribution < -0.4 is 45.9 Å². The third kappa shape index (κ3) is 11.4. The maximum Gasteiger partial charge on any atom is 1.00 e. The van der Waals surface area contributed by atoms with Crippen molar-refractivity contribution in [3.63, 3.8) is 0 Å². The number of thiocarbonyl (C=S) groups is 1. The monoisotopic (exact) mass is 212 g/mol. The molecule has 13 heavy (non-hydrogen) atoms. The quantitative estimate of drug-likeness (QED) is 0.204. The molecule has 0 aliphatic rings. The molecule has 0 atom stereocenters. The van der Waals surface area contributed by atoms with Gasteiger partial charge in [-0.15, -0.1) is 0 Å². The van der Waals surface area contributed by atoms with E-state index in [1.165, 1.54) is 0 Å². The minimum absolute atomic E-state index is 0. The standard InChI is InChI=1S/C5H6N2O4S.Na/c6-5(12)7-11-4(10)2-1-3(8)9;/h1-2H,(H,8,9)(H3,6,7,12);/q;+1/p-1/b2-1-;. The van der Waals surface area contributed by atoms with Crippen LogP contribution in [0.4, 0.5) is 0 Å². The van der Waals surface area contributed by atoms with Crippen LogP contribution in [-0.4, -0.2) is 17.1 Å². The average molecular weight is 212 g/mol. The molecule has 0 rings (SSSR count). The molecule has 0 amide bonds. The molecular weight excluding hydrogens is 207 g/mol. The molecule has 0 unspecified atom stereocenters. The van der Waals surface area contributed by atoms with Gasteiger partial charge in [0.2, 0.25) is 0 Å². The average Bonchev–Trinajstić information content (AvgIpc) is 1.96. The van der Waals surface area contributed by atoms with Crippen LogP contribution in [0.25, 0.3) is 0 Å². The van der Waals surface area contributed by atoms with Gasteiger partial charge in [0.15, 0.2) is 5.11 Å².